The predicted molar refractivity (Wildman–Crippen MR) is 140 cm³/mol. The minimum Gasteiger partial charge on any atom is -0.315 e. The number of imidazole rings is 1. The molecule has 1 atom stereocenters. The van der Waals surface area contributed by atoms with Crippen LogP contribution < -0.4 is 11.2 Å². The van der Waals surface area contributed by atoms with Crippen molar-refractivity contribution >= 4 is 11.2 Å². The lowest BCUT2D eigenvalue weighted by molar-refractivity contribution is 0.0174. The smallest absolute Gasteiger partial charge is 0.315 e. The van der Waals surface area contributed by atoms with E-state index >= 15 is 0 Å². The van der Waals surface area contributed by atoms with Crippen LogP contribution in [0.5, 0.6) is 0 Å². The van der Waals surface area contributed by atoms with E-state index in [9.17, 15) is 18.4 Å². The molecule has 0 N–H and O–H groups in total. The number of nitrogens with zero attached hydrogens (tertiary/aromatic N) is 6. The van der Waals surface area contributed by atoms with Crippen LogP contribution in [0.15, 0.2) is 46.2 Å². The molecule has 0 radical (unpaired) electrons. The average molecular weight is 513 g/mol. The molecule has 4 aromatic rings. The van der Waals surface area contributed by atoms with Gasteiger partial charge >= 0.3 is 5.69 Å². The molecule has 3 heterocycles. The first-order chi connectivity index (χ1) is 17.6. The fourth-order valence-corrected chi connectivity index (χ4v) is 4.84. The van der Waals surface area contributed by atoms with Crippen LogP contribution in [0, 0.1) is 0 Å². The Morgan fingerprint density at radius 3 is 2.49 bits per heavy atom. The van der Waals surface area contributed by atoms with Gasteiger partial charge in [-0.1, -0.05) is 38.5 Å². The van der Waals surface area contributed by atoms with E-state index in [1.165, 1.54) is 16.7 Å². The van der Waals surface area contributed by atoms with Gasteiger partial charge in [0.05, 0.1) is 18.3 Å². The van der Waals surface area contributed by atoms with E-state index in [0.717, 1.165) is 19.8 Å². The van der Waals surface area contributed by atoms with Crippen molar-refractivity contribution in [2.24, 2.45) is 0 Å². The number of alkyl halides is 2. The molecule has 0 aliphatic carbocycles. The van der Waals surface area contributed by atoms with Crippen LogP contribution in [0.25, 0.3) is 22.6 Å². The molecule has 1 aromatic carbocycles. The number of hydrogen-bond donors (Lipinski definition) is 0. The number of benzene rings is 1. The number of fused-ring (bicyclic) bond motifs is 1. The maximum atomic E-state index is 13.8. The summed E-state index contributed by atoms with van der Waals surface area (Å²) in [5.74, 6) is -2.37. The topological polar surface area (TPSA) is 79.6 Å². The van der Waals surface area contributed by atoms with Crippen molar-refractivity contribution in [1.29, 1.82) is 0 Å². The molecule has 0 saturated heterocycles. The molecule has 37 heavy (non-hydrogen) atoms. The van der Waals surface area contributed by atoms with Crippen LogP contribution in [0.3, 0.4) is 0 Å². The fraction of sp³-hybridized carbons (Fsp3) is 0.481. The maximum Gasteiger partial charge on any atom is 0.332 e. The van der Waals surface area contributed by atoms with Crippen molar-refractivity contribution in [1.82, 2.24) is 28.5 Å². The van der Waals surface area contributed by atoms with Crippen molar-refractivity contribution in [2.75, 3.05) is 0 Å². The van der Waals surface area contributed by atoms with Gasteiger partial charge in [0.2, 0.25) is 0 Å². The third kappa shape index (κ3) is 5.01. The minimum absolute atomic E-state index is 0.0394. The zero-order chi connectivity index (χ0) is 26.9. The summed E-state index contributed by atoms with van der Waals surface area (Å²) in [6, 6.07) is 6.25. The Morgan fingerprint density at radius 1 is 1.08 bits per heavy atom. The van der Waals surface area contributed by atoms with E-state index in [1.807, 2.05) is 25.3 Å². The molecular formula is C27H34F2N6O2. The van der Waals surface area contributed by atoms with Crippen LogP contribution in [0.2, 0.25) is 0 Å². The highest BCUT2D eigenvalue weighted by molar-refractivity contribution is 5.77. The number of rotatable bonds is 10. The second kappa shape index (κ2) is 10.4. The van der Waals surface area contributed by atoms with Crippen LogP contribution >= 0.6 is 0 Å². The maximum absolute atomic E-state index is 13.8. The lowest BCUT2D eigenvalue weighted by Crippen LogP contribution is -2.40. The molecule has 1 unspecified atom stereocenters. The molecule has 0 aliphatic heterocycles. The van der Waals surface area contributed by atoms with Gasteiger partial charge in [0.1, 0.15) is 5.82 Å². The molecule has 0 fully saturated rings. The van der Waals surface area contributed by atoms with Gasteiger partial charge in [-0.3, -0.25) is 18.6 Å². The first-order valence-electron chi connectivity index (χ1n) is 12.9. The van der Waals surface area contributed by atoms with Crippen LogP contribution in [-0.4, -0.2) is 28.5 Å². The van der Waals surface area contributed by atoms with Gasteiger partial charge in [-0.25, -0.2) is 18.6 Å². The molecule has 0 amide bonds. The Labute approximate surface area is 214 Å². The van der Waals surface area contributed by atoms with Gasteiger partial charge in [-0.05, 0) is 38.3 Å². The quantitative estimate of drug-likeness (QED) is 0.294. The monoisotopic (exact) mass is 512 g/mol. The SMILES string of the molecule is CCCC(C)n1c(-c2cnn(Cc3cccc(C(C)(F)F)c3)c2)nc2c1c(=O)n(CCC)c(=O)n2CC. The number of aryl methyl sites for hydroxylation is 1. The zero-order valence-corrected chi connectivity index (χ0v) is 22.0. The second-order valence-corrected chi connectivity index (χ2v) is 9.61. The molecule has 0 bridgehead atoms. The first-order valence-corrected chi connectivity index (χ1v) is 12.9. The predicted octanol–water partition coefficient (Wildman–Crippen LogP) is 5.17. The van der Waals surface area contributed by atoms with E-state index in [1.54, 1.807) is 33.8 Å². The molecule has 0 spiro atoms. The summed E-state index contributed by atoms with van der Waals surface area (Å²) in [7, 11) is 0. The van der Waals surface area contributed by atoms with Gasteiger partial charge in [-0.2, -0.15) is 5.10 Å². The largest absolute Gasteiger partial charge is 0.332 e. The zero-order valence-electron chi connectivity index (χ0n) is 22.0. The van der Waals surface area contributed by atoms with Gasteiger partial charge < -0.3 is 4.57 Å². The Hall–Kier alpha value is -3.56. The molecule has 198 valence electrons. The Morgan fingerprint density at radius 2 is 1.84 bits per heavy atom. The highest BCUT2D eigenvalue weighted by Crippen LogP contribution is 2.30. The van der Waals surface area contributed by atoms with Crippen molar-refractivity contribution in [3.8, 4) is 11.4 Å². The van der Waals surface area contributed by atoms with Crippen LogP contribution in [0.1, 0.15) is 71.0 Å². The van der Waals surface area contributed by atoms with E-state index in [4.69, 9.17) is 4.98 Å². The summed E-state index contributed by atoms with van der Waals surface area (Å²) in [6.07, 6.45) is 5.85. The van der Waals surface area contributed by atoms with Crippen LogP contribution in [0.4, 0.5) is 8.78 Å². The molecule has 0 saturated carbocycles. The number of aromatic nitrogens is 6. The molecule has 0 aliphatic rings. The third-order valence-corrected chi connectivity index (χ3v) is 6.64. The first kappa shape index (κ1) is 26.5. The van der Waals surface area contributed by atoms with Gasteiger partial charge in [0, 0.05) is 37.8 Å². The lowest BCUT2D eigenvalue weighted by Gasteiger charge is -2.17. The summed E-state index contributed by atoms with van der Waals surface area (Å²) in [5, 5.41) is 4.45. The third-order valence-electron chi connectivity index (χ3n) is 6.64. The van der Waals surface area contributed by atoms with Crippen LogP contribution in [-0.2, 0) is 25.6 Å². The summed E-state index contributed by atoms with van der Waals surface area (Å²) in [4.78, 5) is 31.4. The minimum atomic E-state index is -2.93. The second-order valence-electron chi connectivity index (χ2n) is 9.61. The standard InChI is InChI=1S/C27H34F2N6O2/c1-6-10-18(4)35-22-24(33(8-3)26(37)34(13-7-2)25(22)36)31-23(35)20-15-30-32(17-20)16-19-11-9-12-21(14-19)27(5,28)29/h9,11-12,14-15,17-18H,6-8,10,13,16H2,1-5H3. The summed E-state index contributed by atoms with van der Waals surface area (Å²) < 4.78 is 34.0. The Bertz CT molecular complexity index is 1520. The summed E-state index contributed by atoms with van der Waals surface area (Å²) in [5.41, 5.74) is 1.43. The van der Waals surface area contributed by atoms with E-state index in [2.05, 4.69) is 12.0 Å². The average Bonchev–Trinajstić information content (AvgIpc) is 3.47. The van der Waals surface area contributed by atoms with Crippen molar-refractivity contribution in [3.05, 3.63) is 68.6 Å². The van der Waals surface area contributed by atoms with E-state index in [-0.39, 0.29) is 22.9 Å². The number of hydrogen-bond acceptors (Lipinski definition) is 4. The molecular weight excluding hydrogens is 478 g/mol. The highest BCUT2D eigenvalue weighted by atomic mass is 19.3. The van der Waals surface area contributed by atoms with E-state index < -0.39 is 5.92 Å². The van der Waals surface area contributed by atoms with Crippen molar-refractivity contribution in [2.45, 2.75) is 85.5 Å². The van der Waals surface area contributed by atoms with Crippen molar-refractivity contribution in [3.63, 3.8) is 0 Å². The number of halogens is 2. The lowest BCUT2D eigenvalue weighted by atomic mass is 10.1. The molecule has 3 aromatic heterocycles. The molecule has 8 nitrogen and oxygen atoms in total. The molecule has 4 rings (SSSR count). The summed E-state index contributed by atoms with van der Waals surface area (Å²) >= 11 is 0. The molecule has 10 heteroatoms. The van der Waals surface area contributed by atoms with Crippen molar-refractivity contribution < 1.29 is 8.78 Å². The van der Waals surface area contributed by atoms with Gasteiger partial charge in [0.25, 0.3) is 11.5 Å². The Kier molecular flexibility index (Phi) is 7.47. The normalized spacial score (nSPS) is 12.9. The van der Waals surface area contributed by atoms with Gasteiger partial charge in [-0.15, -0.1) is 0 Å². The van der Waals surface area contributed by atoms with Gasteiger partial charge in [0.15, 0.2) is 11.2 Å². The highest BCUT2D eigenvalue weighted by Gasteiger charge is 2.26. The Balaban J connectivity index is 1.86. The fourth-order valence-electron chi connectivity index (χ4n) is 4.84. The summed E-state index contributed by atoms with van der Waals surface area (Å²) in [6.45, 7) is 9.82. The van der Waals surface area contributed by atoms with E-state index in [0.29, 0.717) is 54.2 Å².